The third-order valence-electron chi connectivity index (χ3n) is 2.67. The van der Waals surface area contributed by atoms with Crippen molar-refractivity contribution in [1.82, 2.24) is 15.3 Å². The Kier molecular flexibility index (Phi) is 5.54. The Morgan fingerprint density at radius 2 is 1.94 bits per heavy atom. The highest BCUT2D eigenvalue weighted by atomic mass is 15.2. The molecule has 1 rings (SSSR count). The predicted octanol–water partition coefficient (Wildman–Crippen LogP) is 2.60. The van der Waals surface area contributed by atoms with E-state index in [2.05, 4.69) is 54.8 Å². The summed E-state index contributed by atoms with van der Waals surface area (Å²) in [5, 5.41) is 3.43. The van der Waals surface area contributed by atoms with Gasteiger partial charge in [-0.25, -0.2) is 4.98 Å². The van der Waals surface area contributed by atoms with Crippen LogP contribution in [0.5, 0.6) is 0 Å². The van der Waals surface area contributed by atoms with Gasteiger partial charge in [-0.05, 0) is 34.1 Å². The van der Waals surface area contributed by atoms with Gasteiger partial charge >= 0.3 is 0 Å². The molecule has 18 heavy (non-hydrogen) atoms. The molecule has 0 fully saturated rings. The summed E-state index contributed by atoms with van der Waals surface area (Å²) in [7, 11) is 0. The van der Waals surface area contributed by atoms with Crippen molar-refractivity contribution in [1.29, 1.82) is 0 Å². The average Bonchev–Trinajstić information content (AvgIpc) is 2.33. The van der Waals surface area contributed by atoms with Gasteiger partial charge in [-0.15, -0.1) is 0 Å². The SMILES string of the molecule is CCCN(CC)c1cncc(CNC(C)(C)C)n1. The van der Waals surface area contributed by atoms with Crippen molar-refractivity contribution in [3.8, 4) is 0 Å². The smallest absolute Gasteiger partial charge is 0.147 e. The molecule has 102 valence electrons. The number of aromatic nitrogens is 2. The van der Waals surface area contributed by atoms with Crippen molar-refractivity contribution >= 4 is 5.82 Å². The molecule has 0 aliphatic rings. The van der Waals surface area contributed by atoms with Gasteiger partial charge in [-0.2, -0.15) is 0 Å². The van der Waals surface area contributed by atoms with Crippen LogP contribution in [0.15, 0.2) is 12.4 Å². The Hall–Kier alpha value is -1.16. The number of nitrogens with zero attached hydrogens (tertiary/aromatic N) is 3. The van der Waals surface area contributed by atoms with Gasteiger partial charge in [0.2, 0.25) is 0 Å². The van der Waals surface area contributed by atoms with Crippen molar-refractivity contribution in [2.75, 3.05) is 18.0 Å². The summed E-state index contributed by atoms with van der Waals surface area (Å²) in [6.45, 7) is 13.5. The minimum Gasteiger partial charge on any atom is -0.356 e. The summed E-state index contributed by atoms with van der Waals surface area (Å²) in [5.41, 5.74) is 1.10. The number of rotatable bonds is 6. The molecule has 0 bridgehead atoms. The molecule has 0 saturated heterocycles. The normalized spacial score (nSPS) is 11.6. The van der Waals surface area contributed by atoms with Crippen LogP contribution in [0.4, 0.5) is 5.82 Å². The van der Waals surface area contributed by atoms with Crippen LogP contribution in [0, 0.1) is 0 Å². The van der Waals surface area contributed by atoms with Crippen LogP contribution in [-0.2, 0) is 6.54 Å². The highest BCUT2D eigenvalue weighted by molar-refractivity contribution is 5.35. The quantitative estimate of drug-likeness (QED) is 0.842. The summed E-state index contributed by atoms with van der Waals surface area (Å²) < 4.78 is 0. The van der Waals surface area contributed by atoms with E-state index in [4.69, 9.17) is 0 Å². The standard InChI is InChI=1S/C14H26N4/c1-6-8-18(7-2)13-11-15-9-12(17-13)10-16-14(3,4)5/h9,11,16H,6-8,10H2,1-5H3. The Bertz CT molecular complexity index is 357. The summed E-state index contributed by atoms with van der Waals surface area (Å²) >= 11 is 0. The lowest BCUT2D eigenvalue weighted by Crippen LogP contribution is -2.35. The third kappa shape index (κ3) is 5.00. The lowest BCUT2D eigenvalue weighted by Gasteiger charge is -2.23. The van der Waals surface area contributed by atoms with Crippen LogP contribution < -0.4 is 10.2 Å². The zero-order valence-corrected chi connectivity index (χ0v) is 12.3. The number of hydrogen-bond donors (Lipinski definition) is 1. The van der Waals surface area contributed by atoms with Crippen LogP contribution in [-0.4, -0.2) is 28.6 Å². The molecular weight excluding hydrogens is 224 g/mol. The fourth-order valence-electron chi connectivity index (χ4n) is 1.69. The minimum atomic E-state index is 0.103. The topological polar surface area (TPSA) is 41.1 Å². The van der Waals surface area contributed by atoms with Crippen LogP contribution in [0.25, 0.3) is 0 Å². The van der Waals surface area contributed by atoms with Gasteiger partial charge in [0.05, 0.1) is 11.9 Å². The first kappa shape index (κ1) is 14.9. The van der Waals surface area contributed by atoms with Gasteiger partial charge in [0, 0.05) is 31.4 Å². The van der Waals surface area contributed by atoms with E-state index in [0.717, 1.165) is 37.6 Å². The summed E-state index contributed by atoms with van der Waals surface area (Å²) in [6.07, 6.45) is 4.81. The lowest BCUT2D eigenvalue weighted by molar-refractivity contribution is 0.421. The van der Waals surface area contributed by atoms with Crippen LogP contribution in [0.1, 0.15) is 46.7 Å². The Morgan fingerprint density at radius 1 is 1.22 bits per heavy atom. The van der Waals surface area contributed by atoms with E-state index in [1.54, 1.807) is 0 Å². The molecule has 0 aliphatic heterocycles. The second-order valence-corrected chi connectivity index (χ2v) is 5.55. The molecule has 1 aromatic heterocycles. The predicted molar refractivity (Wildman–Crippen MR) is 76.8 cm³/mol. The number of nitrogens with one attached hydrogen (secondary N) is 1. The maximum atomic E-state index is 4.67. The lowest BCUT2D eigenvalue weighted by atomic mass is 10.1. The first-order valence-electron chi connectivity index (χ1n) is 6.77. The third-order valence-corrected chi connectivity index (χ3v) is 2.67. The molecule has 0 aliphatic carbocycles. The van der Waals surface area contributed by atoms with Gasteiger partial charge in [0.1, 0.15) is 5.82 Å². The second kappa shape index (κ2) is 6.69. The fraction of sp³-hybridized carbons (Fsp3) is 0.714. The zero-order chi connectivity index (χ0) is 13.6. The summed E-state index contributed by atoms with van der Waals surface area (Å²) in [6, 6.07) is 0. The summed E-state index contributed by atoms with van der Waals surface area (Å²) in [4.78, 5) is 11.2. The van der Waals surface area contributed by atoms with Gasteiger partial charge in [0.25, 0.3) is 0 Å². The second-order valence-electron chi connectivity index (χ2n) is 5.55. The molecule has 0 amide bonds. The van der Waals surface area contributed by atoms with Crippen LogP contribution in [0.2, 0.25) is 0 Å². The average molecular weight is 250 g/mol. The molecule has 0 aromatic carbocycles. The first-order valence-corrected chi connectivity index (χ1v) is 6.77. The maximum Gasteiger partial charge on any atom is 0.147 e. The van der Waals surface area contributed by atoms with Crippen molar-refractivity contribution in [3.05, 3.63) is 18.1 Å². The van der Waals surface area contributed by atoms with E-state index in [9.17, 15) is 0 Å². The fourth-order valence-corrected chi connectivity index (χ4v) is 1.69. The molecule has 1 heterocycles. The van der Waals surface area contributed by atoms with E-state index < -0.39 is 0 Å². The highest BCUT2D eigenvalue weighted by Gasteiger charge is 2.10. The minimum absolute atomic E-state index is 0.103. The molecule has 0 unspecified atom stereocenters. The number of anilines is 1. The molecule has 0 atom stereocenters. The Labute approximate surface area is 111 Å². The molecule has 0 radical (unpaired) electrons. The Morgan fingerprint density at radius 3 is 2.50 bits per heavy atom. The van der Waals surface area contributed by atoms with E-state index in [1.807, 2.05) is 12.4 Å². The Balaban J connectivity index is 2.72. The van der Waals surface area contributed by atoms with E-state index in [1.165, 1.54) is 0 Å². The molecule has 0 saturated carbocycles. The first-order chi connectivity index (χ1) is 8.46. The van der Waals surface area contributed by atoms with Gasteiger partial charge < -0.3 is 10.2 Å². The van der Waals surface area contributed by atoms with Crippen molar-refractivity contribution < 1.29 is 0 Å². The molecule has 1 aromatic rings. The maximum absolute atomic E-state index is 4.67. The summed E-state index contributed by atoms with van der Waals surface area (Å²) in [5.74, 6) is 0.979. The van der Waals surface area contributed by atoms with Crippen molar-refractivity contribution in [2.24, 2.45) is 0 Å². The zero-order valence-electron chi connectivity index (χ0n) is 12.3. The molecule has 0 spiro atoms. The van der Waals surface area contributed by atoms with E-state index in [0.29, 0.717) is 0 Å². The molecule has 4 heteroatoms. The number of hydrogen-bond acceptors (Lipinski definition) is 4. The molecule has 1 N–H and O–H groups in total. The van der Waals surface area contributed by atoms with Crippen LogP contribution >= 0.6 is 0 Å². The largest absolute Gasteiger partial charge is 0.356 e. The van der Waals surface area contributed by atoms with E-state index >= 15 is 0 Å². The monoisotopic (exact) mass is 250 g/mol. The van der Waals surface area contributed by atoms with E-state index in [-0.39, 0.29) is 5.54 Å². The van der Waals surface area contributed by atoms with Crippen molar-refractivity contribution in [2.45, 2.75) is 53.1 Å². The molecule has 4 nitrogen and oxygen atoms in total. The van der Waals surface area contributed by atoms with Gasteiger partial charge in [-0.3, -0.25) is 4.98 Å². The van der Waals surface area contributed by atoms with Crippen LogP contribution in [0.3, 0.4) is 0 Å². The van der Waals surface area contributed by atoms with Crippen molar-refractivity contribution in [3.63, 3.8) is 0 Å². The molecular formula is C14H26N4. The van der Waals surface area contributed by atoms with Gasteiger partial charge in [-0.1, -0.05) is 6.92 Å². The van der Waals surface area contributed by atoms with Gasteiger partial charge in [0.15, 0.2) is 0 Å². The highest BCUT2D eigenvalue weighted by Crippen LogP contribution is 2.10.